The zero-order valence-corrected chi connectivity index (χ0v) is 21.9. The first-order valence-corrected chi connectivity index (χ1v) is 12.2. The van der Waals surface area contributed by atoms with E-state index < -0.39 is 6.10 Å². The van der Waals surface area contributed by atoms with E-state index in [0.29, 0.717) is 98.4 Å². The highest BCUT2D eigenvalue weighted by Crippen LogP contribution is 2.09. The molecule has 2 unspecified atom stereocenters. The van der Waals surface area contributed by atoms with Gasteiger partial charge in [0.05, 0.1) is 98.6 Å². The summed E-state index contributed by atoms with van der Waals surface area (Å²) in [5, 5.41) is 0. The van der Waals surface area contributed by atoms with Gasteiger partial charge in [-0.3, -0.25) is 0 Å². The van der Waals surface area contributed by atoms with Crippen LogP contribution in [0, 0.1) is 5.92 Å². The van der Waals surface area contributed by atoms with Gasteiger partial charge in [0.25, 0.3) is 0 Å². The number of carbonyl (C=O) groups is 1. The number of hydrogen-bond acceptors (Lipinski definition) is 10. The van der Waals surface area contributed by atoms with Crippen LogP contribution < -0.4 is 0 Å². The van der Waals surface area contributed by atoms with Gasteiger partial charge in [0, 0.05) is 7.11 Å². The van der Waals surface area contributed by atoms with E-state index in [1.807, 2.05) is 6.92 Å². The van der Waals surface area contributed by atoms with Gasteiger partial charge in [-0.25, -0.2) is 4.79 Å². The molecule has 0 aliphatic carbocycles. The largest absolute Gasteiger partial charge is 0.461 e. The molecule has 2 atom stereocenters. The summed E-state index contributed by atoms with van der Waals surface area (Å²) in [4.78, 5) is 11.9. The van der Waals surface area contributed by atoms with Crippen molar-refractivity contribution in [3.63, 3.8) is 0 Å². The first-order chi connectivity index (χ1) is 16.5. The summed E-state index contributed by atoms with van der Waals surface area (Å²) in [6, 6.07) is 0. The molecule has 0 fully saturated rings. The molecule has 0 saturated carbocycles. The minimum atomic E-state index is -0.603. The highest BCUT2D eigenvalue weighted by Gasteiger charge is 2.18. The Hall–Kier alpha value is -0.850. The third-order valence-electron chi connectivity index (χ3n) is 4.34. The summed E-state index contributed by atoms with van der Waals surface area (Å²) in [6.45, 7) is 14.7. The minimum absolute atomic E-state index is 0.106. The van der Waals surface area contributed by atoms with Crippen LogP contribution in [0.25, 0.3) is 0 Å². The van der Waals surface area contributed by atoms with Gasteiger partial charge in [-0.1, -0.05) is 13.8 Å². The molecule has 0 saturated heterocycles. The van der Waals surface area contributed by atoms with E-state index in [1.54, 1.807) is 14.0 Å². The molecule has 0 rings (SSSR count). The average molecular weight is 497 g/mol. The van der Waals surface area contributed by atoms with Gasteiger partial charge in [0.1, 0.15) is 0 Å². The normalized spacial score (nSPS) is 13.4. The summed E-state index contributed by atoms with van der Waals surface area (Å²) in [5.74, 6) is 0.142. The number of hydrogen-bond donors (Lipinski definition) is 0. The molecule has 0 radical (unpaired) electrons. The van der Waals surface area contributed by atoms with Crippen LogP contribution in [-0.2, 0) is 47.4 Å². The van der Waals surface area contributed by atoms with Gasteiger partial charge in [-0.2, -0.15) is 0 Å². The lowest BCUT2D eigenvalue weighted by atomic mass is 10.1. The summed E-state index contributed by atoms with van der Waals surface area (Å²) < 4.78 is 48.1. The van der Waals surface area contributed by atoms with Crippen molar-refractivity contribution in [3.8, 4) is 0 Å². The lowest BCUT2D eigenvalue weighted by Crippen LogP contribution is -2.28. The summed E-state index contributed by atoms with van der Waals surface area (Å²) >= 11 is 0. The maximum atomic E-state index is 11.9. The van der Waals surface area contributed by atoms with Gasteiger partial charge in [-0.15, -0.1) is 0 Å². The summed E-state index contributed by atoms with van der Waals surface area (Å²) in [6.07, 6.45) is 0.127. The third-order valence-corrected chi connectivity index (χ3v) is 4.34. The van der Waals surface area contributed by atoms with Crippen LogP contribution in [0.3, 0.4) is 0 Å². The van der Waals surface area contributed by atoms with Crippen molar-refractivity contribution in [2.45, 2.75) is 46.3 Å². The van der Waals surface area contributed by atoms with Crippen molar-refractivity contribution in [2.24, 2.45) is 5.92 Å². The van der Waals surface area contributed by atoms with Crippen molar-refractivity contribution in [1.29, 1.82) is 0 Å². The molecule has 0 aliphatic heterocycles. The second kappa shape index (κ2) is 25.2. The molecule has 0 aromatic rings. The van der Waals surface area contributed by atoms with Crippen LogP contribution in [0.5, 0.6) is 0 Å². The molecule has 204 valence electrons. The van der Waals surface area contributed by atoms with Crippen molar-refractivity contribution in [3.05, 3.63) is 0 Å². The van der Waals surface area contributed by atoms with Crippen LogP contribution in [-0.4, -0.2) is 118 Å². The molecular weight excluding hydrogens is 448 g/mol. The maximum absolute atomic E-state index is 11.9. The Morgan fingerprint density at radius 2 is 0.912 bits per heavy atom. The number of rotatable bonds is 26. The second-order valence-corrected chi connectivity index (χ2v) is 8.06. The molecule has 0 aromatic heterocycles. The van der Waals surface area contributed by atoms with E-state index >= 15 is 0 Å². The first-order valence-electron chi connectivity index (χ1n) is 12.2. The summed E-state index contributed by atoms with van der Waals surface area (Å²) in [7, 11) is 1.64. The lowest BCUT2D eigenvalue weighted by Gasteiger charge is -2.18. The van der Waals surface area contributed by atoms with Gasteiger partial charge < -0.3 is 42.6 Å². The molecule has 0 bridgehead atoms. The molecule has 0 aliphatic rings. The zero-order chi connectivity index (χ0) is 25.3. The highest BCUT2D eigenvalue weighted by atomic mass is 16.6. The van der Waals surface area contributed by atoms with Crippen molar-refractivity contribution in [2.75, 3.05) is 99.6 Å². The SMILES string of the molecule is COCCOCCOCCOCCOCCOCCOCCOC(C)C(=O)OC(C)CC(C)C. The Bertz CT molecular complexity index is 436. The highest BCUT2D eigenvalue weighted by molar-refractivity contribution is 5.74. The molecule has 0 spiro atoms. The number of esters is 1. The predicted octanol–water partition coefficient (Wildman–Crippen LogP) is 2.12. The Kier molecular flexibility index (Phi) is 24.6. The topological polar surface area (TPSA) is 100 Å². The van der Waals surface area contributed by atoms with E-state index in [2.05, 4.69) is 13.8 Å². The first kappa shape index (κ1) is 33.1. The van der Waals surface area contributed by atoms with Crippen LogP contribution in [0.4, 0.5) is 0 Å². The van der Waals surface area contributed by atoms with Gasteiger partial charge >= 0.3 is 5.97 Å². The quantitative estimate of drug-likeness (QED) is 0.131. The Balaban J connectivity index is 3.26. The fourth-order valence-corrected chi connectivity index (χ4v) is 2.70. The minimum Gasteiger partial charge on any atom is -0.461 e. The molecule has 0 amide bonds. The number of ether oxygens (including phenoxy) is 9. The van der Waals surface area contributed by atoms with Crippen molar-refractivity contribution < 1.29 is 47.4 Å². The average Bonchev–Trinajstić information content (AvgIpc) is 2.79. The standard InChI is InChI=1S/C24H48O10/c1-21(2)20-22(3)34-24(25)23(4)33-19-18-32-17-16-31-15-14-30-13-12-29-11-10-28-9-8-27-7-6-26-5/h21-23H,6-20H2,1-5H3. The third kappa shape index (κ3) is 24.3. The van der Waals surface area contributed by atoms with E-state index in [1.165, 1.54) is 0 Å². The molecular formula is C24H48O10. The lowest BCUT2D eigenvalue weighted by molar-refractivity contribution is -0.162. The van der Waals surface area contributed by atoms with Crippen LogP contribution in [0.15, 0.2) is 0 Å². The van der Waals surface area contributed by atoms with Gasteiger partial charge in [0.2, 0.25) is 0 Å². The van der Waals surface area contributed by atoms with Crippen molar-refractivity contribution >= 4 is 5.97 Å². The van der Waals surface area contributed by atoms with Gasteiger partial charge in [-0.05, 0) is 26.2 Å². The van der Waals surface area contributed by atoms with E-state index in [9.17, 15) is 4.79 Å². The molecule has 0 aromatic carbocycles. The fourth-order valence-electron chi connectivity index (χ4n) is 2.70. The van der Waals surface area contributed by atoms with E-state index in [0.717, 1.165) is 6.42 Å². The number of carbonyl (C=O) groups excluding carboxylic acids is 1. The second-order valence-electron chi connectivity index (χ2n) is 8.06. The Morgan fingerprint density at radius 1 is 0.559 bits per heavy atom. The summed E-state index contributed by atoms with van der Waals surface area (Å²) in [5.41, 5.74) is 0. The molecule has 10 heteroatoms. The van der Waals surface area contributed by atoms with E-state index in [4.69, 9.17) is 42.6 Å². The van der Waals surface area contributed by atoms with E-state index in [-0.39, 0.29) is 12.1 Å². The zero-order valence-electron chi connectivity index (χ0n) is 21.9. The van der Waals surface area contributed by atoms with Crippen molar-refractivity contribution in [1.82, 2.24) is 0 Å². The van der Waals surface area contributed by atoms with Crippen LogP contribution in [0.1, 0.15) is 34.1 Å². The number of methoxy groups -OCH3 is 1. The molecule has 10 nitrogen and oxygen atoms in total. The van der Waals surface area contributed by atoms with Crippen LogP contribution >= 0.6 is 0 Å². The van der Waals surface area contributed by atoms with Crippen LogP contribution in [0.2, 0.25) is 0 Å². The molecule has 0 heterocycles. The Morgan fingerprint density at radius 3 is 1.26 bits per heavy atom. The predicted molar refractivity (Wildman–Crippen MR) is 127 cm³/mol. The smallest absolute Gasteiger partial charge is 0.335 e. The maximum Gasteiger partial charge on any atom is 0.335 e. The molecule has 0 N–H and O–H groups in total. The Labute approximate surface area is 205 Å². The monoisotopic (exact) mass is 496 g/mol. The fraction of sp³-hybridized carbons (Fsp3) is 0.958. The van der Waals surface area contributed by atoms with Gasteiger partial charge in [0.15, 0.2) is 6.10 Å². The molecule has 34 heavy (non-hydrogen) atoms.